The van der Waals surface area contributed by atoms with E-state index in [1.807, 2.05) is 19.1 Å². The summed E-state index contributed by atoms with van der Waals surface area (Å²) in [6.07, 6.45) is -0.929. The van der Waals surface area contributed by atoms with Crippen LogP contribution in [0.5, 0.6) is 11.5 Å². The van der Waals surface area contributed by atoms with Gasteiger partial charge < -0.3 is 19.5 Å². The first-order valence-electron chi connectivity index (χ1n) is 8.01. The van der Waals surface area contributed by atoms with Crippen LogP contribution in [0.4, 0.5) is 5.69 Å². The second kappa shape index (κ2) is 7.25. The van der Waals surface area contributed by atoms with Crippen LogP contribution in [0, 0.1) is 6.92 Å². The van der Waals surface area contributed by atoms with Gasteiger partial charge in [-0.3, -0.25) is 4.79 Å². The van der Waals surface area contributed by atoms with E-state index in [0.29, 0.717) is 36.0 Å². The van der Waals surface area contributed by atoms with Crippen LogP contribution in [0.15, 0.2) is 42.5 Å². The summed E-state index contributed by atoms with van der Waals surface area (Å²) in [7, 11) is 0. The van der Waals surface area contributed by atoms with Gasteiger partial charge >= 0.3 is 5.97 Å². The fourth-order valence-electron chi connectivity index (χ4n) is 2.34. The standard InChI is InChI=1S/C19H19NO5/c1-12-3-5-14(6-4-12)19(22)25-13(2)18(21)20-15-7-8-16-17(11-15)24-10-9-23-16/h3-8,11,13H,9-10H2,1-2H3,(H,20,21). The minimum absolute atomic E-state index is 0.407. The fourth-order valence-corrected chi connectivity index (χ4v) is 2.34. The lowest BCUT2D eigenvalue weighted by Gasteiger charge is -2.19. The number of amides is 1. The van der Waals surface area contributed by atoms with Crippen LogP contribution in [0.3, 0.4) is 0 Å². The number of aryl methyl sites for hydroxylation is 1. The fraction of sp³-hybridized carbons (Fsp3) is 0.263. The molecule has 1 aliphatic rings. The van der Waals surface area contributed by atoms with Gasteiger partial charge in [0, 0.05) is 11.8 Å². The Morgan fingerprint density at radius 2 is 1.72 bits per heavy atom. The molecule has 0 saturated carbocycles. The third kappa shape index (κ3) is 4.09. The van der Waals surface area contributed by atoms with E-state index >= 15 is 0 Å². The van der Waals surface area contributed by atoms with Crippen molar-refractivity contribution < 1.29 is 23.8 Å². The molecule has 6 heteroatoms. The topological polar surface area (TPSA) is 73.9 Å². The summed E-state index contributed by atoms with van der Waals surface area (Å²) in [5.74, 6) is 0.262. The number of esters is 1. The van der Waals surface area contributed by atoms with Crippen LogP contribution in [0.25, 0.3) is 0 Å². The molecule has 1 amide bonds. The van der Waals surface area contributed by atoms with Crippen molar-refractivity contribution in [2.45, 2.75) is 20.0 Å². The van der Waals surface area contributed by atoms with E-state index < -0.39 is 18.0 Å². The maximum atomic E-state index is 12.2. The molecule has 0 saturated heterocycles. The molecule has 1 unspecified atom stereocenters. The van der Waals surface area contributed by atoms with Crippen molar-refractivity contribution in [2.24, 2.45) is 0 Å². The van der Waals surface area contributed by atoms with E-state index in [0.717, 1.165) is 5.56 Å². The minimum atomic E-state index is -0.929. The second-order valence-corrected chi connectivity index (χ2v) is 5.76. The maximum absolute atomic E-state index is 12.2. The number of carbonyl (C=O) groups excluding carboxylic acids is 2. The van der Waals surface area contributed by atoms with Crippen molar-refractivity contribution in [3.63, 3.8) is 0 Å². The van der Waals surface area contributed by atoms with Crippen molar-refractivity contribution in [3.8, 4) is 11.5 Å². The molecule has 0 spiro atoms. The second-order valence-electron chi connectivity index (χ2n) is 5.76. The highest BCUT2D eigenvalue weighted by atomic mass is 16.6. The van der Waals surface area contributed by atoms with Crippen molar-refractivity contribution >= 4 is 17.6 Å². The van der Waals surface area contributed by atoms with Crippen LogP contribution in [-0.2, 0) is 9.53 Å². The molecule has 0 radical (unpaired) electrons. The monoisotopic (exact) mass is 341 g/mol. The highest BCUT2D eigenvalue weighted by molar-refractivity contribution is 5.97. The summed E-state index contributed by atoms with van der Waals surface area (Å²) in [6, 6.07) is 12.1. The third-order valence-corrected chi connectivity index (χ3v) is 3.75. The largest absolute Gasteiger partial charge is 0.486 e. The Balaban J connectivity index is 1.60. The van der Waals surface area contributed by atoms with Crippen molar-refractivity contribution in [1.29, 1.82) is 0 Å². The lowest BCUT2D eigenvalue weighted by atomic mass is 10.1. The number of fused-ring (bicyclic) bond motifs is 1. The lowest BCUT2D eigenvalue weighted by molar-refractivity contribution is -0.123. The van der Waals surface area contributed by atoms with Gasteiger partial charge in [0.2, 0.25) is 0 Å². The summed E-state index contributed by atoms with van der Waals surface area (Å²) in [4.78, 5) is 24.3. The summed E-state index contributed by atoms with van der Waals surface area (Å²) < 4.78 is 16.1. The number of carbonyl (C=O) groups is 2. The number of benzene rings is 2. The van der Waals surface area contributed by atoms with Gasteiger partial charge in [-0.1, -0.05) is 17.7 Å². The van der Waals surface area contributed by atoms with E-state index in [1.165, 1.54) is 6.92 Å². The van der Waals surface area contributed by atoms with Crippen LogP contribution in [0.2, 0.25) is 0 Å². The zero-order valence-corrected chi connectivity index (χ0v) is 14.1. The molecular weight excluding hydrogens is 322 g/mol. The average Bonchev–Trinajstić information content (AvgIpc) is 2.62. The minimum Gasteiger partial charge on any atom is -0.486 e. The predicted octanol–water partition coefficient (Wildman–Crippen LogP) is 2.95. The molecule has 130 valence electrons. The molecule has 0 aromatic heterocycles. The van der Waals surface area contributed by atoms with Crippen LogP contribution in [-0.4, -0.2) is 31.2 Å². The Hall–Kier alpha value is -3.02. The number of ether oxygens (including phenoxy) is 3. The average molecular weight is 341 g/mol. The zero-order chi connectivity index (χ0) is 17.8. The normalized spacial score (nSPS) is 13.7. The first-order valence-corrected chi connectivity index (χ1v) is 8.01. The molecule has 0 bridgehead atoms. The van der Waals surface area contributed by atoms with Crippen molar-refractivity contribution in [3.05, 3.63) is 53.6 Å². The quantitative estimate of drug-likeness (QED) is 0.866. The Bertz CT molecular complexity index is 785. The molecule has 3 rings (SSSR count). The van der Waals surface area contributed by atoms with Gasteiger partial charge in [0.1, 0.15) is 13.2 Å². The van der Waals surface area contributed by atoms with Gasteiger partial charge in [-0.15, -0.1) is 0 Å². The molecule has 1 aliphatic heterocycles. The summed E-state index contributed by atoms with van der Waals surface area (Å²) >= 11 is 0. The maximum Gasteiger partial charge on any atom is 0.338 e. The van der Waals surface area contributed by atoms with Gasteiger partial charge in [-0.25, -0.2) is 4.79 Å². The number of hydrogen-bond acceptors (Lipinski definition) is 5. The number of hydrogen-bond donors (Lipinski definition) is 1. The van der Waals surface area contributed by atoms with Crippen molar-refractivity contribution in [2.75, 3.05) is 18.5 Å². The molecule has 2 aromatic carbocycles. The van der Waals surface area contributed by atoms with E-state index in [-0.39, 0.29) is 0 Å². The first-order chi connectivity index (χ1) is 12.0. The highest BCUT2D eigenvalue weighted by Crippen LogP contribution is 2.32. The lowest BCUT2D eigenvalue weighted by Crippen LogP contribution is -2.30. The zero-order valence-electron chi connectivity index (χ0n) is 14.1. The molecule has 1 N–H and O–H groups in total. The first kappa shape index (κ1) is 16.8. The van der Waals surface area contributed by atoms with E-state index in [4.69, 9.17) is 14.2 Å². The molecule has 6 nitrogen and oxygen atoms in total. The molecule has 1 heterocycles. The predicted molar refractivity (Wildman–Crippen MR) is 92.1 cm³/mol. The van der Waals surface area contributed by atoms with Crippen LogP contribution in [0.1, 0.15) is 22.8 Å². The van der Waals surface area contributed by atoms with Crippen LogP contribution < -0.4 is 14.8 Å². The number of rotatable bonds is 4. The van der Waals surface area contributed by atoms with E-state index in [1.54, 1.807) is 30.3 Å². The SMILES string of the molecule is Cc1ccc(C(=O)OC(C)C(=O)Nc2ccc3c(c2)OCCO3)cc1. The molecule has 0 aliphatic carbocycles. The molecule has 0 fully saturated rings. The third-order valence-electron chi connectivity index (χ3n) is 3.75. The van der Waals surface area contributed by atoms with Crippen LogP contribution >= 0.6 is 0 Å². The van der Waals surface area contributed by atoms with Gasteiger partial charge in [-0.05, 0) is 38.1 Å². The smallest absolute Gasteiger partial charge is 0.338 e. The Morgan fingerprint density at radius 3 is 2.44 bits per heavy atom. The van der Waals surface area contributed by atoms with Crippen molar-refractivity contribution in [1.82, 2.24) is 0 Å². The molecule has 2 aromatic rings. The van der Waals surface area contributed by atoms with Gasteiger partial charge in [0.05, 0.1) is 5.56 Å². The Kier molecular flexibility index (Phi) is 4.88. The number of nitrogens with one attached hydrogen (secondary N) is 1. The van der Waals surface area contributed by atoms with Gasteiger partial charge in [-0.2, -0.15) is 0 Å². The van der Waals surface area contributed by atoms with Gasteiger partial charge in [0.15, 0.2) is 17.6 Å². The van der Waals surface area contributed by atoms with Gasteiger partial charge in [0.25, 0.3) is 5.91 Å². The summed E-state index contributed by atoms with van der Waals surface area (Å²) in [6.45, 7) is 4.43. The molecule has 1 atom stereocenters. The van der Waals surface area contributed by atoms with E-state index in [2.05, 4.69) is 5.32 Å². The number of anilines is 1. The highest BCUT2D eigenvalue weighted by Gasteiger charge is 2.20. The Morgan fingerprint density at radius 1 is 1.04 bits per heavy atom. The molecular formula is C19H19NO5. The van der Waals surface area contributed by atoms with E-state index in [9.17, 15) is 9.59 Å². The summed E-state index contributed by atoms with van der Waals surface area (Å²) in [5.41, 5.74) is 2.00. The molecule has 25 heavy (non-hydrogen) atoms. The summed E-state index contributed by atoms with van der Waals surface area (Å²) in [5, 5.41) is 2.71. The Labute approximate surface area is 145 Å².